The molecule has 5 rings (SSSR count). The first kappa shape index (κ1) is 32.2. The monoisotopic (exact) mass is 600 g/mol. The summed E-state index contributed by atoms with van der Waals surface area (Å²) in [5.74, 6) is 0.350. The molecule has 2 aliphatic rings. The third-order valence-corrected chi connectivity index (χ3v) is 8.20. The Labute approximate surface area is 263 Å². The molecular formula is C37H48N2O5. The molecule has 236 valence electrons. The third-order valence-electron chi connectivity index (χ3n) is 8.20. The van der Waals surface area contributed by atoms with E-state index in [1.165, 1.54) is 0 Å². The predicted octanol–water partition coefficient (Wildman–Crippen LogP) is 6.71. The lowest BCUT2D eigenvalue weighted by atomic mass is 9.94. The van der Waals surface area contributed by atoms with Crippen LogP contribution >= 0.6 is 0 Å². The van der Waals surface area contributed by atoms with Crippen LogP contribution < -0.4 is 0 Å². The fourth-order valence-corrected chi connectivity index (χ4v) is 6.08. The maximum absolute atomic E-state index is 12.9. The van der Waals surface area contributed by atoms with E-state index in [4.69, 9.17) is 18.9 Å². The van der Waals surface area contributed by atoms with Crippen LogP contribution in [-0.4, -0.2) is 72.5 Å². The number of hydrogen-bond donors (Lipinski definition) is 0. The summed E-state index contributed by atoms with van der Waals surface area (Å²) in [5, 5.41) is 0. The second-order valence-corrected chi connectivity index (χ2v) is 13.1. The summed E-state index contributed by atoms with van der Waals surface area (Å²) in [6.45, 7) is 11.0. The van der Waals surface area contributed by atoms with Crippen molar-refractivity contribution in [2.24, 2.45) is 5.92 Å². The van der Waals surface area contributed by atoms with Crippen molar-refractivity contribution >= 4 is 6.09 Å². The highest BCUT2D eigenvalue weighted by molar-refractivity contribution is 5.68. The Morgan fingerprint density at radius 3 is 1.66 bits per heavy atom. The average Bonchev–Trinajstić information content (AvgIpc) is 3.03. The fraction of sp³-hybridized carbons (Fsp3) is 0.486. The zero-order chi connectivity index (χ0) is 30.8. The SMILES string of the molecule is CC(C)(C)OC(=O)N1CCC[C@H](CN2C[C@H](OCc3ccccc3)C(OCc3ccccc3)[C@H](OCc3ccccc3)C2)C1. The minimum Gasteiger partial charge on any atom is -0.444 e. The maximum Gasteiger partial charge on any atom is 0.410 e. The van der Waals surface area contributed by atoms with E-state index in [2.05, 4.69) is 41.3 Å². The van der Waals surface area contributed by atoms with E-state index in [1.807, 2.05) is 80.3 Å². The molecule has 2 fully saturated rings. The van der Waals surface area contributed by atoms with Crippen LogP contribution in [0.2, 0.25) is 0 Å². The second-order valence-electron chi connectivity index (χ2n) is 13.1. The van der Waals surface area contributed by atoms with Crippen molar-refractivity contribution in [3.05, 3.63) is 108 Å². The highest BCUT2D eigenvalue weighted by Crippen LogP contribution is 2.27. The molecule has 7 heteroatoms. The van der Waals surface area contributed by atoms with E-state index >= 15 is 0 Å². The van der Waals surface area contributed by atoms with Crippen molar-refractivity contribution in [2.45, 2.75) is 77.3 Å². The molecule has 2 heterocycles. The molecule has 44 heavy (non-hydrogen) atoms. The molecule has 7 nitrogen and oxygen atoms in total. The molecule has 1 amide bonds. The molecule has 0 aromatic heterocycles. The Hall–Kier alpha value is -3.23. The lowest BCUT2D eigenvalue weighted by Crippen LogP contribution is -2.59. The number of carbonyl (C=O) groups excluding carboxylic acids is 1. The van der Waals surface area contributed by atoms with Crippen LogP contribution in [0.4, 0.5) is 4.79 Å². The van der Waals surface area contributed by atoms with Crippen molar-refractivity contribution in [1.82, 2.24) is 9.80 Å². The zero-order valence-electron chi connectivity index (χ0n) is 26.5. The van der Waals surface area contributed by atoms with Gasteiger partial charge in [-0.1, -0.05) is 91.0 Å². The summed E-state index contributed by atoms with van der Waals surface area (Å²) in [4.78, 5) is 17.2. The normalized spacial score (nSPS) is 22.9. The first-order valence-corrected chi connectivity index (χ1v) is 16.0. The summed E-state index contributed by atoms with van der Waals surface area (Å²) in [7, 11) is 0. The van der Waals surface area contributed by atoms with Crippen LogP contribution in [0, 0.1) is 5.92 Å². The first-order chi connectivity index (χ1) is 21.3. The Bertz CT molecular complexity index is 1210. The van der Waals surface area contributed by atoms with Gasteiger partial charge in [0, 0.05) is 32.7 Å². The Morgan fingerprint density at radius 1 is 0.705 bits per heavy atom. The van der Waals surface area contributed by atoms with Crippen molar-refractivity contribution in [1.29, 1.82) is 0 Å². The first-order valence-electron chi connectivity index (χ1n) is 16.0. The standard InChI is InChI=1S/C37H48N2O5/c1-37(2,3)44-36(40)39-21-13-20-32(23-39)22-38-24-33(41-26-29-14-7-4-8-15-29)35(43-28-31-18-11-6-12-19-31)34(25-38)42-27-30-16-9-5-10-17-30/h4-12,14-19,32-35H,13,20-28H2,1-3H3/t32-,33-,34+,35?/m1/s1. The molecule has 0 aliphatic carbocycles. The molecule has 0 N–H and O–H groups in total. The summed E-state index contributed by atoms with van der Waals surface area (Å²) < 4.78 is 25.7. The van der Waals surface area contributed by atoms with Gasteiger partial charge in [-0.15, -0.1) is 0 Å². The van der Waals surface area contributed by atoms with Crippen molar-refractivity contribution in [2.75, 3.05) is 32.7 Å². The third kappa shape index (κ3) is 9.89. The molecule has 0 saturated carbocycles. The number of rotatable bonds is 11. The van der Waals surface area contributed by atoms with Gasteiger partial charge in [0.15, 0.2) is 0 Å². The number of ether oxygens (including phenoxy) is 4. The van der Waals surface area contributed by atoms with E-state index in [1.54, 1.807) is 0 Å². The molecular weight excluding hydrogens is 552 g/mol. The lowest BCUT2D eigenvalue weighted by Gasteiger charge is -2.45. The fourth-order valence-electron chi connectivity index (χ4n) is 6.08. The second kappa shape index (κ2) is 15.7. The van der Waals surface area contributed by atoms with Gasteiger partial charge in [0.1, 0.15) is 11.7 Å². The van der Waals surface area contributed by atoms with Crippen LogP contribution in [0.15, 0.2) is 91.0 Å². The number of piperidine rings is 2. The van der Waals surface area contributed by atoms with Gasteiger partial charge in [0.2, 0.25) is 0 Å². The van der Waals surface area contributed by atoms with Crippen LogP contribution in [0.3, 0.4) is 0 Å². The van der Waals surface area contributed by atoms with Gasteiger partial charge in [-0.3, -0.25) is 4.90 Å². The van der Waals surface area contributed by atoms with E-state index < -0.39 is 5.60 Å². The zero-order valence-corrected chi connectivity index (χ0v) is 26.5. The van der Waals surface area contributed by atoms with Gasteiger partial charge in [-0.05, 0) is 56.2 Å². The summed E-state index contributed by atoms with van der Waals surface area (Å²) in [6, 6.07) is 30.9. The number of likely N-dealkylation sites (tertiary alicyclic amines) is 2. The molecule has 3 aromatic rings. The van der Waals surface area contributed by atoms with Crippen LogP contribution in [0.25, 0.3) is 0 Å². The van der Waals surface area contributed by atoms with Crippen molar-refractivity contribution < 1.29 is 23.7 Å². The predicted molar refractivity (Wildman–Crippen MR) is 172 cm³/mol. The summed E-state index contributed by atoms with van der Waals surface area (Å²) >= 11 is 0. The number of carbonyl (C=O) groups is 1. The molecule has 0 bridgehead atoms. The number of nitrogens with zero attached hydrogens (tertiary/aromatic N) is 2. The van der Waals surface area contributed by atoms with Crippen LogP contribution in [0.5, 0.6) is 0 Å². The molecule has 3 aromatic carbocycles. The Morgan fingerprint density at radius 2 is 1.18 bits per heavy atom. The topological polar surface area (TPSA) is 60.5 Å². The van der Waals surface area contributed by atoms with Gasteiger partial charge >= 0.3 is 6.09 Å². The van der Waals surface area contributed by atoms with Gasteiger partial charge in [-0.2, -0.15) is 0 Å². The number of amides is 1. The van der Waals surface area contributed by atoms with Gasteiger partial charge in [0.25, 0.3) is 0 Å². The van der Waals surface area contributed by atoms with Crippen molar-refractivity contribution in [3.8, 4) is 0 Å². The average molecular weight is 601 g/mol. The Kier molecular flexibility index (Phi) is 11.5. The largest absolute Gasteiger partial charge is 0.444 e. The van der Waals surface area contributed by atoms with Crippen molar-refractivity contribution in [3.63, 3.8) is 0 Å². The van der Waals surface area contributed by atoms with E-state index in [0.29, 0.717) is 32.3 Å². The van der Waals surface area contributed by atoms with E-state index in [9.17, 15) is 4.79 Å². The Balaban J connectivity index is 1.31. The highest BCUT2D eigenvalue weighted by atomic mass is 16.6. The number of benzene rings is 3. The van der Waals surface area contributed by atoms with Gasteiger partial charge in [0.05, 0.1) is 32.0 Å². The maximum atomic E-state index is 12.9. The quantitative estimate of drug-likeness (QED) is 0.244. The minimum atomic E-state index is -0.502. The molecule has 0 radical (unpaired) electrons. The molecule has 0 spiro atoms. The van der Waals surface area contributed by atoms with Gasteiger partial charge in [-0.25, -0.2) is 4.79 Å². The molecule has 2 saturated heterocycles. The van der Waals surface area contributed by atoms with E-state index in [-0.39, 0.29) is 24.4 Å². The summed E-state index contributed by atoms with van der Waals surface area (Å²) in [5.41, 5.74) is 2.89. The van der Waals surface area contributed by atoms with Crippen LogP contribution in [0.1, 0.15) is 50.3 Å². The molecule has 4 atom stereocenters. The molecule has 2 aliphatic heterocycles. The molecule has 1 unspecified atom stereocenters. The lowest BCUT2D eigenvalue weighted by molar-refractivity contribution is -0.186. The summed E-state index contributed by atoms with van der Waals surface area (Å²) in [6.07, 6.45) is 1.24. The van der Waals surface area contributed by atoms with E-state index in [0.717, 1.165) is 55.7 Å². The smallest absolute Gasteiger partial charge is 0.410 e. The van der Waals surface area contributed by atoms with Crippen LogP contribution in [-0.2, 0) is 38.8 Å². The highest BCUT2D eigenvalue weighted by Gasteiger charge is 2.40. The van der Waals surface area contributed by atoms with Gasteiger partial charge < -0.3 is 23.8 Å². The number of hydrogen-bond acceptors (Lipinski definition) is 6. The minimum absolute atomic E-state index is 0.181.